The molecule has 1 nitrogen and oxygen atoms in total. The van der Waals surface area contributed by atoms with Gasteiger partial charge in [-0.1, -0.05) is 68.1 Å². The van der Waals surface area contributed by atoms with Crippen LogP contribution in [0.4, 0.5) is 0 Å². The van der Waals surface area contributed by atoms with E-state index in [-0.39, 0.29) is 5.56 Å². The summed E-state index contributed by atoms with van der Waals surface area (Å²) < 4.78 is 5.54. The Morgan fingerprint density at radius 1 is 1.13 bits per heavy atom. The summed E-state index contributed by atoms with van der Waals surface area (Å²) in [5.41, 5.74) is 0.738. The molecule has 15 heavy (non-hydrogen) atoms. The van der Waals surface area contributed by atoms with Gasteiger partial charge in [0.2, 0.25) is 0 Å². The molecule has 0 N–H and O–H groups in total. The molecule has 0 heterocycles. The molecule has 0 spiro atoms. The predicted molar refractivity (Wildman–Crippen MR) is 65.1 cm³/mol. The minimum absolute atomic E-state index is 0.298. The third-order valence-corrected chi connectivity index (χ3v) is 2.70. The maximum Gasteiger partial charge on any atom is 0.156 e. The van der Waals surface area contributed by atoms with Gasteiger partial charge >= 0.3 is 0 Å². The summed E-state index contributed by atoms with van der Waals surface area (Å²) in [6, 6.07) is 9.91. The van der Waals surface area contributed by atoms with E-state index in [1.807, 2.05) is 30.3 Å². The molecule has 0 bridgehead atoms. The highest BCUT2D eigenvalue weighted by molar-refractivity contribution is 6.19. The molecule has 1 atom stereocenters. The first kappa shape index (κ1) is 12.5. The van der Waals surface area contributed by atoms with Crippen molar-refractivity contribution in [2.75, 3.05) is 6.61 Å². The first-order chi connectivity index (χ1) is 7.34. The molecule has 1 aromatic carbocycles. The average molecular weight is 227 g/mol. The maximum absolute atomic E-state index is 6.10. The van der Waals surface area contributed by atoms with Crippen LogP contribution in [0, 0.1) is 0 Å². The van der Waals surface area contributed by atoms with E-state index in [1.165, 1.54) is 19.3 Å². The molecule has 1 rings (SSSR count). The Kier molecular flexibility index (Phi) is 6.45. The van der Waals surface area contributed by atoms with Crippen LogP contribution in [-0.4, -0.2) is 6.61 Å². The lowest BCUT2D eigenvalue weighted by atomic mass is 10.2. The van der Waals surface area contributed by atoms with Crippen molar-refractivity contribution < 1.29 is 4.74 Å². The Morgan fingerprint density at radius 3 is 2.53 bits per heavy atom. The third kappa shape index (κ3) is 5.19. The second-order valence-electron chi connectivity index (χ2n) is 3.66. The third-order valence-electron chi connectivity index (χ3n) is 2.32. The molecule has 1 unspecified atom stereocenters. The molecule has 0 saturated heterocycles. The number of alkyl halides is 1. The van der Waals surface area contributed by atoms with Gasteiger partial charge in [-0.3, -0.25) is 0 Å². The topological polar surface area (TPSA) is 9.23 Å². The van der Waals surface area contributed by atoms with E-state index < -0.39 is 0 Å². The van der Waals surface area contributed by atoms with Gasteiger partial charge in [0, 0.05) is 6.61 Å². The SMILES string of the molecule is CCCCCCOC(Cl)c1ccccc1. The lowest BCUT2D eigenvalue weighted by molar-refractivity contribution is 0.104. The van der Waals surface area contributed by atoms with Gasteiger partial charge in [-0.2, -0.15) is 0 Å². The Bertz CT molecular complexity index is 248. The van der Waals surface area contributed by atoms with Gasteiger partial charge in [-0.05, 0) is 12.0 Å². The van der Waals surface area contributed by atoms with E-state index in [2.05, 4.69) is 6.92 Å². The fourth-order valence-electron chi connectivity index (χ4n) is 1.42. The largest absolute Gasteiger partial charge is 0.358 e. The Labute approximate surface area is 97.4 Å². The summed E-state index contributed by atoms with van der Waals surface area (Å²) in [4.78, 5) is 0. The summed E-state index contributed by atoms with van der Waals surface area (Å²) in [5.74, 6) is 0. The van der Waals surface area contributed by atoms with Crippen LogP contribution in [0.5, 0.6) is 0 Å². The summed E-state index contributed by atoms with van der Waals surface area (Å²) >= 11 is 6.10. The highest BCUT2D eigenvalue weighted by atomic mass is 35.5. The molecule has 2 heteroatoms. The van der Waals surface area contributed by atoms with Gasteiger partial charge in [0.1, 0.15) is 0 Å². The summed E-state index contributed by atoms with van der Waals surface area (Å²) in [5, 5.41) is 0. The monoisotopic (exact) mass is 226 g/mol. The fourth-order valence-corrected chi connectivity index (χ4v) is 1.65. The van der Waals surface area contributed by atoms with Gasteiger partial charge in [0.25, 0.3) is 0 Å². The average Bonchev–Trinajstić information content (AvgIpc) is 2.30. The molecule has 0 aliphatic rings. The zero-order valence-corrected chi connectivity index (χ0v) is 10.0. The maximum atomic E-state index is 6.10. The second-order valence-corrected chi connectivity index (χ2v) is 4.05. The summed E-state index contributed by atoms with van der Waals surface area (Å²) in [7, 11) is 0. The van der Waals surface area contributed by atoms with E-state index in [1.54, 1.807) is 0 Å². The normalized spacial score (nSPS) is 12.7. The first-order valence-electron chi connectivity index (χ1n) is 5.65. The molecule has 0 fully saturated rings. The Morgan fingerprint density at radius 2 is 1.87 bits per heavy atom. The van der Waals surface area contributed by atoms with Crippen LogP contribution in [-0.2, 0) is 4.74 Å². The highest BCUT2D eigenvalue weighted by Crippen LogP contribution is 2.21. The lowest BCUT2D eigenvalue weighted by Crippen LogP contribution is -1.99. The van der Waals surface area contributed by atoms with Crippen LogP contribution in [0.15, 0.2) is 30.3 Å². The van der Waals surface area contributed by atoms with Gasteiger partial charge in [0.05, 0.1) is 0 Å². The zero-order chi connectivity index (χ0) is 10.9. The van der Waals surface area contributed by atoms with Crippen molar-refractivity contribution in [3.63, 3.8) is 0 Å². The van der Waals surface area contributed by atoms with Gasteiger partial charge in [-0.25, -0.2) is 0 Å². The molecule has 84 valence electrons. The van der Waals surface area contributed by atoms with Gasteiger partial charge in [-0.15, -0.1) is 0 Å². The minimum Gasteiger partial charge on any atom is -0.358 e. The Hall–Kier alpha value is -0.530. The molecule has 0 aliphatic carbocycles. The van der Waals surface area contributed by atoms with Crippen molar-refractivity contribution in [3.05, 3.63) is 35.9 Å². The molecule has 0 aliphatic heterocycles. The molecular weight excluding hydrogens is 208 g/mol. The van der Waals surface area contributed by atoms with Crippen LogP contribution in [0.25, 0.3) is 0 Å². The van der Waals surface area contributed by atoms with Crippen LogP contribution < -0.4 is 0 Å². The van der Waals surface area contributed by atoms with Gasteiger partial charge < -0.3 is 4.74 Å². The number of ether oxygens (including phenoxy) is 1. The predicted octanol–water partition coefficient (Wildman–Crippen LogP) is 4.52. The van der Waals surface area contributed by atoms with Gasteiger partial charge in [0.15, 0.2) is 5.56 Å². The van der Waals surface area contributed by atoms with Crippen LogP contribution >= 0.6 is 11.6 Å². The van der Waals surface area contributed by atoms with Crippen molar-refractivity contribution in [3.8, 4) is 0 Å². The van der Waals surface area contributed by atoms with Crippen molar-refractivity contribution in [2.24, 2.45) is 0 Å². The van der Waals surface area contributed by atoms with E-state index in [0.717, 1.165) is 18.6 Å². The van der Waals surface area contributed by atoms with E-state index in [9.17, 15) is 0 Å². The van der Waals surface area contributed by atoms with Crippen LogP contribution in [0.3, 0.4) is 0 Å². The molecule has 0 radical (unpaired) electrons. The fraction of sp³-hybridized carbons (Fsp3) is 0.538. The van der Waals surface area contributed by atoms with Crippen molar-refractivity contribution >= 4 is 11.6 Å². The smallest absolute Gasteiger partial charge is 0.156 e. The highest BCUT2D eigenvalue weighted by Gasteiger charge is 2.05. The quantitative estimate of drug-likeness (QED) is 0.491. The van der Waals surface area contributed by atoms with Crippen molar-refractivity contribution in [1.29, 1.82) is 0 Å². The van der Waals surface area contributed by atoms with E-state index in [4.69, 9.17) is 16.3 Å². The number of halogens is 1. The number of unbranched alkanes of at least 4 members (excludes halogenated alkanes) is 3. The number of benzene rings is 1. The van der Waals surface area contributed by atoms with E-state index >= 15 is 0 Å². The summed E-state index contributed by atoms with van der Waals surface area (Å²) in [6.45, 7) is 2.96. The summed E-state index contributed by atoms with van der Waals surface area (Å²) in [6.07, 6.45) is 4.86. The van der Waals surface area contributed by atoms with Crippen LogP contribution in [0.1, 0.15) is 43.7 Å². The zero-order valence-electron chi connectivity index (χ0n) is 9.29. The number of hydrogen-bond acceptors (Lipinski definition) is 1. The molecule has 0 aromatic heterocycles. The number of rotatable bonds is 7. The van der Waals surface area contributed by atoms with Crippen molar-refractivity contribution in [2.45, 2.75) is 38.2 Å². The lowest BCUT2D eigenvalue weighted by Gasteiger charge is -2.10. The molecule has 0 amide bonds. The first-order valence-corrected chi connectivity index (χ1v) is 6.09. The molecule has 0 saturated carbocycles. The van der Waals surface area contributed by atoms with Crippen molar-refractivity contribution in [1.82, 2.24) is 0 Å². The second kappa shape index (κ2) is 7.72. The number of hydrogen-bond donors (Lipinski definition) is 0. The molecule has 1 aromatic rings. The van der Waals surface area contributed by atoms with Crippen LogP contribution in [0.2, 0.25) is 0 Å². The van der Waals surface area contributed by atoms with E-state index in [0.29, 0.717) is 0 Å². The Balaban J connectivity index is 2.16. The standard InChI is InChI=1S/C13H19ClO/c1-2-3-4-8-11-15-13(14)12-9-6-5-7-10-12/h5-7,9-10,13H,2-4,8,11H2,1H3. The molecular formula is C13H19ClO. The minimum atomic E-state index is -0.298.